The fraction of sp³-hybridized carbons (Fsp3) is 0.211. The number of rotatable bonds is 9. The van der Waals surface area contributed by atoms with Crippen LogP contribution in [0.5, 0.6) is 5.75 Å². The molecule has 0 spiro atoms. The number of aromatic nitrogens is 2. The Morgan fingerprint density at radius 2 is 1.77 bits per heavy atom. The number of thioether (sulfide) groups is 1. The number of carbonyl (C=O) groups is 1. The molecule has 0 atom stereocenters. The van der Waals surface area contributed by atoms with Gasteiger partial charge >= 0.3 is 0 Å². The first-order valence-corrected chi connectivity index (χ1v) is 11.2. The summed E-state index contributed by atoms with van der Waals surface area (Å²) in [5, 5.41) is 12.8. The Labute approximate surface area is 197 Å². The Kier molecular flexibility index (Phi) is 8.53. The molecule has 0 saturated heterocycles. The van der Waals surface area contributed by atoms with Crippen molar-refractivity contribution in [1.82, 2.24) is 10.2 Å². The minimum absolute atomic E-state index is 0.0960. The lowest BCUT2D eigenvalue weighted by atomic mass is 10.3. The molecule has 1 heterocycles. The Morgan fingerprint density at radius 1 is 1.03 bits per heavy atom. The summed E-state index contributed by atoms with van der Waals surface area (Å²) in [6.45, 7) is 0.427. The molecule has 1 aromatic heterocycles. The van der Waals surface area contributed by atoms with E-state index in [0.29, 0.717) is 62.1 Å². The number of aryl methyl sites for hydroxylation is 1. The first-order chi connectivity index (χ1) is 14.4. The van der Waals surface area contributed by atoms with Crippen LogP contribution in [0.3, 0.4) is 0 Å². The van der Waals surface area contributed by atoms with E-state index in [2.05, 4.69) is 15.5 Å². The Bertz CT molecular complexity index is 1030. The normalized spacial score (nSPS) is 10.8. The molecule has 0 saturated carbocycles. The number of anilines is 1. The van der Waals surface area contributed by atoms with Crippen molar-refractivity contribution in [3.8, 4) is 5.75 Å². The quantitative estimate of drug-likeness (QED) is 0.266. The van der Waals surface area contributed by atoms with Crippen molar-refractivity contribution in [3.05, 3.63) is 62.4 Å². The standard InChI is InChI=1S/C19H15Cl4N3O3S/c20-11-3-5-15(13(22)8-11)24-17(27)10-30-19-26-25-18(29-19)2-1-7-28-16-6-4-12(21)9-14(16)23/h3-6,8-9H,1-2,7,10H2,(H,24,27). The Hall–Kier alpha value is -1.64. The Balaban J connectivity index is 1.39. The molecule has 0 radical (unpaired) electrons. The highest BCUT2D eigenvalue weighted by Gasteiger charge is 2.12. The average molecular weight is 507 g/mol. The summed E-state index contributed by atoms with van der Waals surface area (Å²) in [6.07, 6.45) is 1.19. The van der Waals surface area contributed by atoms with Crippen LogP contribution >= 0.6 is 58.2 Å². The van der Waals surface area contributed by atoms with E-state index in [1.54, 1.807) is 36.4 Å². The van der Waals surface area contributed by atoms with E-state index >= 15 is 0 Å². The molecule has 1 amide bonds. The van der Waals surface area contributed by atoms with Gasteiger partial charge in [0.2, 0.25) is 11.8 Å². The number of amides is 1. The van der Waals surface area contributed by atoms with Crippen molar-refractivity contribution >= 4 is 69.8 Å². The van der Waals surface area contributed by atoms with E-state index in [1.165, 1.54) is 0 Å². The van der Waals surface area contributed by atoms with Crippen LogP contribution < -0.4 is 10.1 Å². The summed E-state index contributed by atoms with van der Waals surface area (Å²) in [7, 11) is 0. The third kappa shape index (κ3) is 6.96. The van der Waals surface area contributed by atoms with Gasteiger partial charge < -0.3 is 14.5 Å². The third-order valence-corrected chi connectivity index (χ3v) is 5.56. The zero-order valence-electron chi connectivity index (χ0n) is 15.3. The molecular formula is C19H15Cl4N3O3S. The highest BCUT2D eigenvalue weighted by molar-refractivity contribution is 7.99. The molecule has 0 unspecified atom stereocenters. The second-order valence-corrected chi connectivity index (χ2v) is 8.56. The van der Waals surface area contributed by atoms with E-state index in [-0.39, 0.29) is 11.7 Å². The van der Waals surface area contributed by atoms with Gasteiger partial charge in [-0.2, -0.15) is 0 Å². The number of halogens is 4. The van der Waals surface area contributed by atoms with Crippen molar-refractivity contribution in [2.45, 2.75) is 18.1 Å². The average Bonchev–Trinajstić information content (AvgIpc) is 3.15. The van der Waals surface area contributed by atoms with Crippen LogP contribution in [0.25, 0.3) is 0 Å². The largest absolute Gasteiger partial charge is 0.492 e. The topological polar surface area (TPSA) is 77.2 Å². The molecule has 0 fully saturated rings. The molecule has 0 aliphatic heterocycles. The molecule has 0 aliphatic carbocycles. The summed E-state index contributed by atoms with van der Waals surface area (Å²) in [6, 6.07) is 9.88. The smallest absolute Gasteiger partial charge is 0.277 e. The van der Waals surface area contributed by atoms with E-state index in [4.69, 9.17) is 55.6 Å². The van der Waals surface area contributed by atoms with Gasteiger partial charge in [-0.15, -0.1) is 10.2 Å². The van der Waals surface area contributed by atoms with Crippen molar-refractivity contribution in [1.29, 1.82) is 0 Å². The van der Waals surface area contributed by atoms with E-state index in [9.17, 15) is 4.79 Å². The van der Waals surface area contributed by atoms with Crippen LogP contribution in [-0.2, 0) is 11.2 Å². The second kappa shape index (κ2) is 11.1. The maximum absolute atomic E-state index is 12.1. The molecule has 0 bridgehead atoms. The van der Waals surface area contributed by atoms with Crippen LogP contribution in [0.4, 0.5) is 5.69 Å². The molecule has 1 N–H and O–H groups in total. The van der Waals surface area contributed by atoms with Crippen molar-refractivity contribution in [2.24, 2.45) is 0 Å². The number of hydrogen-bond donors (Lipinski definition) is 1. The molecule has 11 heteroatoms. The molecule has 3 rings (SSSR count). The predicted octanol–water partition coefficient (Wildman–Crippen LogP) is 6.43. The van der Waals surface area contributed by atoms with Crippen LogP contribution in [0.15, 0.2) is 46.0 Å². The van der Waals surface area contributed by atoms with Gasteiger partial charge in [0.05, 0.1) is 28.1 Å². The zero-order valence-corrected chi connectivity index (χ0v) is 19.2. The van der Waals surface area contributed by atoms with Crippen LogP contribution in [0.1, 0.15) is 12.3 Å². The summed E-state index contributed by atoms with van der Waals surface area (Å²) in [4.78, 5) is 12.1. The van der Waals surface area contributed by atoms with Crippen molar-refractivity contribution in [2.75, 3.05) is 17.7 Å². The molecule has 0 aliphatic rings. The number of nitrogens with zero attached hydrogens (tertiary/aromatic N) is 2. The number of nitrogens with one attached hydrogen (secondary N) is 1. The van der Waals surface area contributed by atoms with Gasteiger partial charge in [-0.05, 0) is 42.8 Å². The highest BCUT2D eigenvalue weighted by Crippen LogP contribution is 2.28. The summed E-state index contributed by atoms with van der Waals surface area (Å²) >= 11 is 24.9. The van der Waals surface area contributed by atoms with Crippen LogP contribution in [-0.4, -0.2) is 28.5 Å². The fourth-order valence-corrected chi connectivity index (χ4v) is 3.80. The number of ether oxygens (including phenoxy) is 1. The fourth-order valence-electron chi connectivity index (χ4n) is 2.30. The molecule has 2 aromatic carbocycles. The lowest BCUT2D eigenvalue weighted by molar-refractivity contribution is -0.113. The van der Waals surface area contributed by atoms with Crippen LogP contribution in [0.2, 0.25) is 20.1 Å². The predicted molar refractivity (Wildman–Crippen MR) is 120 cm³/mol. The first kappa shape index (κ1) is 23.0. The lowest BCUT2D eigenvalue weighted by Gasteiger charge is -2.07. The van der Waals surface area contributed by atoms with Crippen LogP contribution in [0, 0.1) is 0 Å². The zero-order chi connectivity index (χ0) is 21.5. The third-order valence-electron chi connectivity index (χ3n) is 3.67. The monoisotopic (exact) mass is 505 g/mol. The minimum Gasteiger partial charge on any atom is -0.492 e. The maximum Gasteiger partial charge on any atom is 0.277 e. The number of carbonyl (C=O) groups excluding carboxylic acids is 1. The molecular weight excluding hydrogens is 492 g/mol. The van der Waals surface area contributed by atoms with Gasteiger partial charge in [0, 0.05) is 16.5 Å². The van der Waals surface area contributed by atoms with Gasteiger partial charge in [0.25, 0.3) is 5.22 Å². The first-order valence-electron chi connectivity index (χ1n) is 8.68. The van der Waals surface area contributed by atoms with Crippen molar-refractivity contribution in [3.63, 3.8) is 0 Å². The number of benzene rings is 2. The SMILES string of the molecule is O=C(CSc1nnc(CCCOc2ccc(Cl)cc2Cl)o1)Nc1ccc(Cl)cc1Cl. The molecule has 30 heavy (non-hydrogen) atoms. The van der Waals surface area contributed by atoms with E-state index < -0.39 is 0 Å². The summed E-state index contributed by atoms with van der Waals surface area (Å²) in [5.41, 5.74) is 0.485. The summed E-state index contributed by atoms with van der Waals surface area (Å²) in [5.74, 6) is 0.870. The lowest BCUT2D eigenvalue weighted by Crippen LogP contribution is -2.14. The van der Waals surface area contributed by atoms with E-state index in [0.717, 1.165) is 11.8 Å². The van der Waals surface area contributed by atoms with Gasteiger partial charge in [-0.1, -0.05) is 58.2 Å². The van der Waals surface area contributed by atoms with Gasteiger partial charge in [-0.3, -0.25) is 4.79 Å². The highest BCUT2D eigenvalue weighted by atomic mass is 35.5. The van der Waals surface area contributed by atoms with Gasteiger partial charge in [-0.25, -0.2) is 0 Å². The van der Waals surface area contributed by atoms with Gasteiger partial charge in [0.1, 0.15) is 5.75 Å². The van der Waals surface area contributed by atoms with Crippen molar-refractivity contribution < 1.29 is 13.9 Å². The molecule has 3 aromatic rings. The molecule has 158 valence electrons. The minimum atomic E-state index is -0.253. The maximum atomic E-state index is 12.1. The summed E-state index contributed by atoms with van der Waals surface area (Å²) < 4.78 is 11.1. The second-order valence-electron chi connectivity index (χ2n) is 5.95. The van der Waals surface area contributed by atoms with Gasteiger partial charge in [0.15, 0.2) is 0 Å². The Morgan fingerprint density at radius 3 is 2.50 bits per heavy atom. The van der Waals surface area contributed by atoms with E-state index in [1.807, 2.05) is 0 Å². The number of hydrogen-bond acceptors (Lipinski definition) is 6. The molecule has 6 nitrogen and oxygen atoms in total.